The summed E-state index contributed by atoms with van der Waals surface area (Å²) in [5, 5.41) is 6.49. The lowest BCUT2D eigenvalue weighted by Gasteiger charge is -2.24. The summed E-state index contributed by atoms with van der Waals surface area (Å²) in [7, 11) is 0. The molecule has 2 unspecified atom stereocenters. The molecule has 0 aliphatic heterocycles. The number of halogens is 2. The average Bonchev–Trinajstić information content (AvgIpc) is 3.31. The lowest BCUT2D eigenvalue weighted by molar-refractivity contribution is -0.147. The van der Waals surface area contributed by atoms with Crippen molar-refractivity contribution in [3.8, 4) is 0 Å². The van der Waals surface area contributed by atoms with Gasteiger partial charge in [0.05, 0.1) is 6.61 Å². The Kier molecular flexibility index (Phi) is 11.3. The van der Waals surface area contributed by atoms with Crippen molar-refractivity contribution < 1.29 is 19.1 Å². The second-order valence-electron chi connectivity index (χ2n) is 8.87. The van der Waals surface area contributed by atoms with E-state index >= 15 is 0 Å². The van der Waals surface area contributed by atoms with Crippen molar-refractivity contribution in [1.82, 2.24) is 15.6 Å². The zero-order valence-electron chi connectivity index (χ0n) is 21.6. The van der Waals surface area contributed by atoms with E-state index in [4.69, 9.17) is 27.9 Å². The topological polar surface area (TPSA) is 104 Å². The first kappa shape index (κ1) is 29.3. The Labute approximate surface area is 233 Å². The zero-order chi connectivity index (χ0) is 27.5. The minimum atomic E-state index is -0.917. The SMILES string of the molecule is CCOC(=O)C(Cc1c[nH]c2ccccc12)NC(=O)C(Cc1ccc(N(CCCl)CCCl)cc1)NC(C)=O. The van der Waals surface area contributed by atoms with Gasteiger partial charge < -0.3 is 25.3 Å². The molecule has 1 heterocycles. The Morgan fingerprint density at radius 3 is 2.26 bits per heavy atom. The summed E-state index contributed by atoms with van der Waals surface area (Å²) in [6.45, 7) is 4.58. The summed E-state index contributed by atoms with van der Waals surface area (Å²) in [5.41, 5.74) is 3.64. The molecule has 3 N–H and O–H groups in total. The Bertz CT molecular complexity index is 1210. The first-order chi connectivity index (χ1) is 18.4. The summed E-state index contributed by atoms with van der Waals surface area (Å²) >= 11 is 11.8. The highest BCUT2D eigenvalue weighted by atomic mass is 35.5. The van der Waals surface area contributed by atoms with E-state index in [0.29, 0.717) is 24.8 Å². The van der Waals surface area contributed by atoms with Gasteiger partial charge in [-0.25, -0.2) is 4.79 Å². The van der Waals surface area contributed by atoms with Gasteiger partial charge >= 0.3 is 5.97 Å². The number of rotatable bonds is 14. The van der Waals surface area contributed by atoms with E-state index in [2.05, 4.69) is 20.5 Å². The number of benzene rings is 2. The molecule has 2 aromatic carbocycles. The highest BCUT2D eigenvalue weighted by molar-refractivity contribution is 6.18. The Morgan fingerprint density at radius 1 is 0.947 bits per heavy atom. The molecule has 8 nitrogen and oxygen atoms in total. The van der Waals surface area contributed by atoms with Gasteiger partial charge in [0.1, 0.15) is 12.1 Å². The third-order valence-electron chi connectivity index (χ3n) is 6.13. The van der Waals surface area contributed by atoms with Crippen LogP contribution in [0.3, 0.4) is 0 Å². The van der Waals surface area contributed by atoms with E-state index in [1.807, 2.05) is 54.7 Å². The molecule has 2 amide bonds. The van der Waals surface area contributed by atoms with Crippen LogP contribution in [0.25, 0.3) is 10.9 Å². The Balaban J connectivity index is 1.77. The number of carbonyl (C=O) groups is 3. The first-order valence-corrected chi connectivity index (χ1v) is 13.7. The van der Waals surface area contributed by atoms with Gasteiger partial charge in [0.25, 0.3) is 0 Å². The monoisotopic (exact) mass is 560 g/mol. The van der Waals surface area contributed by atoms with Gasteiger partial charge in [-0.15, -0.1) is 23.2 Å². The molecular weight excluding hydrogens is 527 g/mol. The number of nitrogens with zero attached hydrogens (tertiary/aromatic N) is 1. The van der Waals surface area contributed by atoms with Crippen molar-refractivity contribution in [3.05, 3.63) is 65.9 Å². The van der Waals surface area contributed by atoms with E-state index in [-0.39, 0.29) is 25.4 Å². The number of amides is 2. The van der Waals surface area contributed by atoms with Gasteiger partial charge in [0.15, 0.2) is 0 Å². The second kappa shape index (κ2) is 14.6. The van der Waals surface area contributed by atoms with Crippen LogP contribution in [0, 0.1) is 0 Å². The van der Waals surface area contributed by atoms with Gasteiger partial charge in [-0.05, 0) is 36.2 Å². The standard InChI is InChI=1S/C28H34Cl2N4O4/c1-3-38-28(37)26(17-21-18-31-24-7-5-4-6-23(21)24)33-27(36)25(32-19(2)35)16-20-8-10-22(11-9-20)34(14-12-29)15-13-30/h4-11,18,25-26,31H,3,12-17H2,1-2H3,(H,32,35)(H,33,36). The van der Waals surface area contributed by atoms with Crippen molar-refractivity contribution >= 4 is 57.6 Å². The van der Waals surface area contributed by atoms with Crippen LogP contribution in [0.5, 0.6) is 0 Å². The number of hydrogen-bond donors (Lipinski definition) is 3. The number of nitrogens with one attached hydrogen (secondary N) is 3. The fourth-order valence-electron chi connectivity index (χ4n) is 4.34. The largest absolute Gasteiger partial charge is 0.464 e. The van der Waals surface area contributed by atoms with Gasteiger partial charge in [-0.2, -0.15) is 0 Å². The van der Waals surface area contributed by atoms with Crippen LogP contribution in [0.4, 0.5) is 5.69 Å². The van der Waals surface area contributed by atoms with Crippen molar-refractivity contribution in [3.63, 3.8) is 0 Å². The molecule has 0 bridgehead atoms. The van der Waals surface area contributed by atoms with Crippen molar-refractivity contribution in [1.29, 1.82) is 0 Å². The number of fused-ring (bicyclic) bond motifs is 1. The quantitative estimate of drug-likeness (QED) is 0.205. The van der Waals surface area contributed by atoms with Crippen LogP contribution in [-0.4, -0.2) is 66.3 Å². The summed E-state index contributed by atoms with van der Waals surface area (Å²) in [4.78, 5) is 43.4. The number of hydrogen-bond acceptors (Lipinski definition) is 5. The van der Waals surface area contributed by atoms with Crippen LogP contribution in [0.15, 0.2) is 54.7 Å². The van der Waals surface area contributed by atoms with E-state index in [0.717, 1.165) is 27.7 Å². The summed E-state index contributed by atoms with van der Waals surface area (Å²) in [5.74, 6) is -0.391. The van der Waals surface area contributed by atoms with Crippen LogP contribution in [0.1, 0.15) is 25.0 Å². The maximum Gasteiger partial charge on any atom is 0.328 e. The molecular formula is C28H34Cl2N4O4. The maximum atomic E-state index is 13.4. The van der Waals surface area contributed by atoms with Crippen molar-refractivity contribution in [2.45, 2.75) is 38.8 Å². The molecule has 3 aromatic rings. The fourth-order valence-corrected chi connectivity index (χ4v) is 4.74. The summed E-state index contributed by atoms with van der Waals surface area (Å²) < 4.78 is 5.25. The Morgan fingerprint density at radius 2 is 1.63 bits per heavy atom. The minimum absolute atomic E-state index is 0.186. The normalized spacial score (nSPS) is 12.5. The molecule has 0 radical (unpaired) electrons. The fraction of sp³-hybridized carbons (Fsp3) is 0.393. The van der Waals surface area contributed by atoms with Gasteiger partial charge in [0.2, 0.25) is 11.8 Å². The third-order valence-corrected chi connectivity index (χ3v) is 6.47. The highest BCUT2D eigenvalue weighted by Crippen LogP contribution is 2.20. The number of alkyl halides is 2. The number of aromatic amines is 1. The number of anilines is 1. The lowest BCUT2D eigenvalue weighted by atomic mass is 10.0. The van der Waals surface area contributed by atoms with E-state index in [9.17, 15) is 14.4 Å². The number of carbonyl (C=O) groups excluding carboxylic acids is 3. The van der Waals surface area contributed by atoms with Gasteiger partial charge in [-0.1, -0.05) is 30.3 Å². The first-order valence-electron chi connectivity index (χ1n) is 12.6. The van der Waals surface area contributed by atoms with E-state index in [1.54, 1.807) is 6.92 Å². The minimum Gasteiger partial charge on any atom is -0.464 e. The van der Waals surface area contributed by atoms with Crippen LogP contribution >= 0.6 is 23.2 Å². The van der Waals surface area contributed by atoms with Crippen LogP contribution in [0.2, 0.25) is 0 Å². The van der Waals surface area contributed by atoms with Crippen molar-refractivity contribution in [2.24, 2.45) is 0 Å². The summed E-state index contributed by atoms with van der Waals surface area (Å²) in [6, 6.07) is 13.6. The number of aromatic nitrogens is 1. The highest BCUT2D eigenvalue weighted by Gasteiger charge is 2.28. The molecule has 10 heteroatoms. The predicted molar refractivity (Wildman–Crippen MR) is 152 cm³/mol. The number of esters is 1. The molecule has 3 rings (SSSR count). The molecule has 0 aliphatic rings. The number of ether oxygens (including phenoxy) is 1. The van der Waals surface area contributed by atoms with Crippen LogP contribution < -0.4 is 15.5 Å². The molecule has 0 spiro atoms. The number of H-pyrrole nitrogens is 1. The molecule has 2 atom stereocenters. The molecule has 0 saturated carbocycles. The molecule has 0 saturated heterocycles. The van der Waals surface area contributed by atoms with Gasteiger partial charge in [-0.3, -0.25) is 9.59 Å². The number of para-hydroxylation sites is 1. The zero-order valence-corrected chi connectivity index (χ0v) is 23.1. The van der Waals surface area contributed by atoms with E-state index in [1.165, 1.54) is 6.92 Å². The van der Waals surface area contributed by atoms with Gasteiger partial charge in [0, 0.05) is 67.4 Å². The smallest absolute Gasteiger partial charge is 0.328 e. The van der Waals surface area contributed by atoms with Crippen molar-refractivity contribution in [2.75, 3.05) is 36.4 Å². The molecule has 0 fully saturated rings. The van der Waals surface area contributed by atoms with Crippen LogP contribution in [-0.2, 0) is 32.0 Å². The lowest BCUT2D eigenvalue weighted by Crippen LogP contribution is -2.53. The average molecular weight is 562 g/mol. The second-order valence-corrected chi connectivity index (χ2v) is 9.62. The molecule has 1 aromatic heterocycles. The Hall–Kier alpha value is -3.23. The maximum absolute atomic E-state index is 13.4. The molecule has 204 valence electrons. The molecule has 0 aliphatic carbocycles. The predicted octanol–water partition coefficient (Wildman–Crippen LogP) is 3.79. The summed E-state index contributed by atoms with van der Waals surface area (Å²) in [6.07, 6.45) is 2.32. The van der Waals surface area contributed by atoms with E-state index < -0.39 is 24.0 Å². The molecule has 38 heavy (non-hydrogen) atoms. The third kappa shape index (κ3) is 8.13.